The molecule has 1 N–H and O–H groups in total. The smallest absolute Gasteiger partial charge is 0.244 e. The first-order valence-corrected chi connectivity index (χ1v) is 10.3. The predicted molar refractivity (Wildman–Crippen MR) is 112 cm³/mol. The Morgan fingerprint density at radius 2 is 1.69 bits per heavy atom. The van der Waals surface area contributed by atoms with Crippen LogP contribution in [0, 0.1) is 0 Å². The summed E-state index contributed by atoms with van der Waals surface area (Å²) in [6.45, 7) is 3.07. The number of carbonyl (C=O) groups is 1. The first-order chi connectivity index (χ1) is 14.3. The summed E-state index contributed by atoms with van der Waals surface area (Å²) >= 11 is 0. The number of amides is 1. The van der Waals surface area contributed by atoms with Gasteiger partial charge in [-0.25, -0.2) is 9.67 Å². The van der Waals surface area contributed by atoms with E-state index in [0.29, 0.717) is 13.1 Å². The molecule has 29 heavy (non-hydrogen) atoms. The van der Waals surface area contributed by atoms with Crippen LogP contribution in [-0.4, -0.2) is 38.7 Å². The van der Waals surface area contributed by atoms with Crippen molar-refractivity contribution < 1.29 is 4.79 Å². The zero-order valence-corrected chi connectivity index (χ0v) is 16.6. The van der Waals surface area contributed by atoms with Gasteiger partial charge in [0.1, 0.15) is 18.7 Å². The van der Waals surface area contributed by atoms with Crippen molar-refractivity contribution >= 4 is 5.91 Å². The number of piperidine rings is 1. The monoisotopic (exact) mass is 389 g/mol. The first kappa shape index (κ1) is 19.3. The van der Waals surface area contributed by atoms with Gasteiger partial charge in [0.2, 0.25) is 5.91 Å². The van der Waals surface area contributed by atoms with Crippen LogP contribution in [0.1, 0.15) is 42.0 Å². The third-order valence-electron chi connectivity index (χ3n) is 5.39. The van der Waals surface area contributed by atoms with Crippen molar-refractivity contribution in [2.45, 2.75) is 38.4 Å². The maximum absolute atomic E-state index is 13.2. The minimum atomic E-state index is -0.316. The van der Waals surface area contributed by atoms with Gasteiger partial charge in [-0.3, -0.25) is 10.1 Å². The summed E-state index contributed by atoms with van der Waals surface area (Å²) in [5.41, 5.74) is 3.34. The summed E-state index contributed by atoms with van der Waals surface area (Å²) in [5, 5.41) is 7.64. The summed E-state index contributed by atoms with van der Waals surface area (Å²) in [4.78, 5) is 19.2. The van der Waals surface area contributed by atoms with Crippen molar-refractivity contribution in [2.24, 2.45) is 0 Å². The number of aromatic nitrogens is 3. The van der Waals surface area contributed by atoms with Crippen molar-refractivity contribution in [3.63, 3.8) is 0 Å². The third-order valence-corrected chi connectivity index (χ3v) is 5.39. The highest BCUT2D eigenvalue weighted by molar-refractivity contribution is 5.83. The second-order valence-corrected chi connectivity index (χ2v) is 7.52. The van der Waals surface area contributed by atoms with Gasteiger partial charge < -0.3 is 4.90 Å². The van der Waals surface area contributed by atoms with E-state index in [2.05, 4.69) is 39.7 Å². The van der Waals surface area contributed by atoms with E-state index < -0.39 is 0 Å². The Morgan fingerprint density at radius 3 is 2.38 bits per heavy atom. The normalized spacial score (nSPS) is 15.2. The van der Waals surface area contributed by atoms with Crippen LogP contribution in [0.4, 0.5) is 0 Å². The minimum absolute atomic E-state index is 0.179. The van der Waals surface area contributed by atoms with E-state index in [1.807, 2.05) is 35.2 Å². The van der Waals surface area contributed by atoms with Crippen LogP contribution in [0.3, 0.4) is 0 Å². The number of hydrogen-bond acceptors (Lipinski definition) is 4. The highest BCUT2D eigenvalue weighted by atomic mass is 16.2. The van der Waals surface area contributed by atoms with Gasteiger partial charge in [0, 0.05) is 19.6 Å². The third kappa shape index (κ3) is 5.09. The minimum Gasteiger partial charge on any atom is -0.341 e. The lowest BCUT2D eigenvalue weighted by Gasteiger charge is -2.31. The van der Waals surface area contributed by atoms with Crippen molar-refractivity contribution in [1.29, 1.82) is 0 Å². The van der Waals surface area contributed by atoms with Crippen LogP contribution in [0.5, 0.6) is 0 Å². The second-order valence-electron chi connectivity index (χ2n) is 7.52. The molecule has 0 saturated carbocycles. The molecule has 6 nitrogen and oxygen atoms in total. The van der Waals surface area contributed by atoms with Crippen molar-refractivity contribution in [1.82, 2.24) is 25.0 Å². The number of rotatable bonds is 7. The number of hydrogen-bond donors (Lipinski definition) is 1. The van der Waals surface area contributed by atoms with E-state index in [0.717, 1.165) is 37.1 Å². The maximum Gasteiger partial charge on any atom is 0.244 e. The molecular weight excluding hydrogens is 362 g/mol. The molecule has 1 aromatic heterocycles. The molecule has 2 aromatic carbocycles. The fraction of sp³-hybridized carbons (Fsp3) is 0.348. The summed E-state index contributed by atoms with van der Waals surface area (Å²) in [6, 6.07) is 18.1. The lowest BCUT2D eigenvalue weighted by molar-refractivity contribution is -0.134. The van der Waals surface area contributed by atoms with Crippen LogP contribution < -0.4 is 5.32 Å². The lowest BCUT2D eigenvalue weighted by Crippen LogP contribution is -2.43. The molecule has 6 heteroatoms. The Kier molecular flexibility index (Phi) is 6.32. The molecule has 2 heterocycles. The first-order valence-electron chi connectivity index (χ1n) is 10.3. The van der Waals surface area contributed by atoms with E-state index in [1.54, 1.807) is 17.3 Å². The van der Waals surface area contributed by atoms with Crippen molar-refractivity contribution in [3.05, 3.63) is 83.9 Å². The van der Waals surface area contributed by atoms with Crippen LogP contribution in [0.15, 0.2) is 67.3 Å². The van der Waals surface area contributed by atoms with Gasteiger partial charge in [-0.15, -0.1) is 0 Å². The molecule has 1 saturated heterocycles. The Hall–Kier alpha value is -2.99. The van der Waals surface area contributed by atoms with Gasteiger partial charge in [0.25, 0.3) is 0 Å². The van der Waals surface area contributed by atoms with Gasteiger partial charge in [0.05, 0.1) is 6.54 Å². The highest BCUT2D eigenvalue weighted by Crippen LogP contribution is 2.20. The lowest BCUT2D eigenvalue weighted by atomic mass is 10.0. The maximum atomic E-state index is 13.2. The molecule has 1 aliphatic heterocycles. The Morgan fingerprint density at radius 1 is 0.966 bits per heavy atom. The highest BCUT2D eigenvalue weighted by Gasteiger charge is 2.26. The molecule has 4 rings (SSSR count). The number of carbonyl (C=O) groups excluding carboxylic acids is 1. The summed E-state index contributed by atoms with van der Waals surface area (Å²) in [5.74, 6) is 0.179. The van der Waals surface area contributed by atoms with Crippen molar-refractivity contribution in [3.8, 4) is 0 Å². The largest absolute Gasteiger partial charge is 0.341 e. The van der Waals surface area contributed by atoms with Crippen molar-refractivity contribution in [2.75, 3.05) is 13.1 Å². The summed E-state index contributed by atoms with van der Waals surface area (Å²) < 4.78 is 1.80. The van der Waals surface area contributed by atoms with Gasteiger partial charge >= 0.3 is 0 Å². The molecule has 3 aromatic rings. The number of likely N-dealkylation sites (tertiary alicyclic amines) is 1. The number of nitrogens with one attached hydrogen (secondary N) is 1. The SMILES string of the molecule is O=C(C(NCc1ccc(Cn2cncn2)cc1)c1ccccc1)N1CCCCC1. The molecular formula is C23H27N5O. The average Bonchev–Trinajstić information content (AvgIpc) is 3.29. The molecule has 150 valence electrons. The number of benzene rings is 2. The predicted octanol–water partition coefficient (Wildman–Crippen LogP) is 3.17. The van der Waals surface area contributed by atoms with E-state index >= 15 is 0 Å². The van der Waals surface area contributed by atoms with Crippen LogP contribution in [0.25, 0.3) is 0 Å². The van der Waals surface area contributed by atoms with E-state index in [-0.39, 0.29) is 11.9 Å². The van der Waals surface area contributed by atoms with Gasteiger partial charge in [-0.2, -0.15) is 5.10 Å². The van der Waals surface area contributed by atoms with Gasteiger partial charge in [-0.05, 0) is 36.0 Å². The fourth-order valence-corrected chi connectivity index (χ4v) is 3.77. The van der Waals surface area contributed by atoms with E-state index in [9.17, 15) is 4.79 Å². The number of nitrogens with zero attached hydrogens (tertiary/aromatic N) is 4. The Balaban J connectivity index is 1.42. The molecule has 1 fully saturated rings. The molecule has 1 unspecified atom stereocenters. The van der Waals surface area contributed by atoms with Crippen LogP contribution in [-0.2, 0) is 17.9 Å². The van der Waals surface area contributed by atoms with Crippen LogP contribution in [0.2, 0.25) is 0 Å². The van der Waals surface area contributed by atoms with E-state index in [4.69, 9.17) is 0 Å². The molecule has 1 aliphatic rings. The molecule has 0 aliphatic carbocycles. The Labute approximate surface area is 171 Å². The quantitative estimate of drug-likeness (QED) is 0.674. The molecule has 0 bridgehead atoms. The van der Waals surface area contributed by atoms with Gasteiger partial charge in [-0.1, -0.05) is 54.6 Å². The zero-order chi connectivity index (χ0) is 19.9. The molecule has 0 radical (unpaired) electrons. The second kappa shape index (κ2) is 9.47. The van der Waals surface area contributed by atoms with E-state index in [1.165, 1.54) is 12.0 Å². The zero-order valence-electron chi connectivity index (χ0n) is 16.6. The average molecular weight is 390 g/mol. The summed E-state index contributed by atoms with van der Waals surface area (Å²) in [6.07, 6.45) is 6.67. The van der Waals surface area contributed by atoms with Crippen LogP contribution >= 0.6 is 0 Å². The standard InChI is InChI=1S/C23H27N5O/c29-23(27-13-5-2-6-14-27)22(21-7-3-1-4-8-21)25-15-19-9-11-20(12-10-19)16-28-18-24-17-26-28/h1,3-4,7-12,17-18,22,25H,2,5-6,13-16H2. The fourth-order valence-electron chi connectivity index (χ4n) is 3.77. The molecule has 1 amide bonds. The molecule has 1 atom stereocenters. The molecule has 0 spiro atoms. The summed E-state index contributed by atoms with van der Waals surface area (Å²) in [7, 11) is 0. The van der Waals surface area contributed by atoms with Gasteiger partial charge in [0.15, 0.2) is 0 Å². The Bertz CT molecular complexity index is 887. The topological polar surface area (TPSA) is 63.1 Å².